The molecule has 0 saturated carbocycles. The minimum absolute atomic E-state index is 0.0717. The number of nitrogens with zero attached hydrogens (tertiary/aromatic N) is 1. The molecule has 25 heavy (non-hydrogen) atoms. The minimum atomic E-state index is -0.350. The van der Waals surface area contributed by atoms with Crippen LogP contribution in [0.4, 0.5) is 5.69 Å². The first-order valence-corrected chi connectivity index (χ1v) is 8.47. The lowest BCUT2D eigenvalue weighted by molar-refractivity contribution is -0.383. The number of nitro benzene ring substituents is 1. The Hall–Kier alpha value is -2.56. The third-order valence-electron chi connectivity index (χ3n) is 4.35. The lowest BCUT2D eigenvalue weighted by atomic mass is 9.95. The topological polar surface area (TPSA) is 43.1 Å². The van der Waals surface area contributed by atoms with Gasteiger partial charge in [-0.15, -0.1) is 12.6 Å². The second-order valence-electron chi connectivity index (χ2n) is 5.74. The Kier molecular flexibility index (Phi) is 3.86. The van der Waals surface area contributed by atoms with Crippen LogP contribution in [0.2, 0.25) is 5.02 Å². The molecule has 0 N–H and O–H groups in total. The van der Waals surface area contributed by atoms with Gasteiger partial charge in [0.15, 0.2) is 0 Å². The van der Waals surface area contributed by atoms with Gasteiger partial charge in [0, 0.05) is 32.3 Å². The summed E-state index contributed by atoms with van der Waals surface area (Å²) in [5.74, 6) is 0. The average molecular weight is 366 g/mol. The standard InChI is InChI=1S/C20H12ClNO2S/c21-18-10-9-13(12-5-1-2-6-14(12)18)17-11-19(22(23)24)15-7-3-4-8-16(15)20(17)25/h1-11,25H. The average Bonchev–Trinajstić information content (AvgIpc) is 2.63. The number of thiol groups is 1. The van der Waals surface area contributed by atoms with E-state index in [9.17, 15) is 10.1 Å². The van der Waals surface area contributed by atoms with Gasteiger partial charge >= 0.3 is 0 Å². The fraction of sp³-hybridized carbons (Fsp3) is 0. The van der Waals surface area contributed by atoms with Gasteiger partial charge in [-0.1, -0.05) is 60.1 Å². The molecule has 0 aliphatic carbocycles. The third kappa shape index (κ3) is 2.54. The second kappa shape index (κ2) is 6.06. The van der Waals surface area contributed by atoms with Gasteiger partial charge in [-0.25, -0.2) is 0 Å². The SMILES string of the molecule is O=[N+]([O-])c1cc(-c2ccc(Cl)c3ccccc23)c(S)c2ccccc12. The minimum Gasteiger partial charge on any atom is -0.258 e. The third-order valence-corrected chi connectivity index (χ3v) is 5.16. The van der Waals surface area contributed by atoms with Gasteiger partial charge in [0.25, 0.3) is 5.69 Å². The first-order valence-electron chi connectivity index (χ1n) is 7.64. The fourth-order valence-electron chi connectivity index (χ4n) is 3.19. The highest BCUT2D eigenvalue weighted by Crippen LogP contribution is 2.42. The molecule has 0 spiro atoms. The van der Waals surface area contributed by atoms with Crippen LogP contribution in [-0.4, -0.2) is 4.92 Å². The largest absolute Gasteiger partial charge is 0.277 e. The van der Waals surface area contributed by atoms with Crippen LogP contribution in [0.25, 0.3) is 32.7 Å². The molecular formula is C20H12ClNO2S. The number of nitro groups is 1. The van der Waals surface area contributed by atoms with Crippen LogP contribution >= 0.6 is 24.2 Å². The van der Waals surface area contributed by atoms with Crippen LogP contribution in [0.5, 0.6) is 0 Å². The van der Waals surface area contributed by atoms with Gasteiger partial charge < -0.3 is 0 Å². The van der Waals surface area contributed by atoms with E-state index in [2.05, 4.69) is 12.6 Å². The van der Waals surface area contributed by atoms with Crippen molar-refractivity contribution < 1.29 is 4.92 Å². The Morgan fingerprint density at radius 3 is 2.08 bits per heavy atom. The summed E-state index contributed by atoms with van der Waals surface area (Å²) in [7, 11) is 0. The Labute approximate surface area is 154 Å². The molecule has 0 bridgehead atoms. The summed E-state index contributed by atoms with van der Waals surface area (Å²) in [5, 5.41) is 15.4. The van der Waals surface area contributed by atoms with E-state index in [1.54, 1.807) is 18.2 Å². The summed E-state index contributed by atoms with van der Waals surface area (Å²) in [5.41, 5.74) is 1.67. The Morgan fingerprint density at radius 1 is 0.800 bits per heavy atom. The predicted molar refractivity (Wildman–Crippen MR) is 106 cm³/mol. The van der Waals surface area contributed by atoms with E-state index in [1.807, 2.05) is 48.5 Å². The molecule has 4 rings (SSSR count). The number of benzene rings is 4. The molecule has 0 aliphatic rings. The molecule has 4 aromatic carbocycles. The second-order valence-corrected chi connectivity index (χ2v) is 6.59. The van der Waals surface area contributed by atoms with Crippen molar-refractivity contribution in [2.45, 2.75) is 4.90 Å². The van der Waals surface area contributed by atoms with E-state index < -0.39 is 0 Å². The van der Waals surface area contributed by atoms with Gasteiger partial charge in [0.1, 0.15) is 0 Å². The number of rotatable bonds is 2. The molecular weight excluding hydrogens is 354 g/mol. The highest BCUT2D eigenvalue weighted by Gasteiger charge is 2.19. The quantitative estimate of drug-likeness (QED) is 0.250. The zero-order chi connectivity index (χ0) is 17.6. The number of hydrogen-bond donors (Lipinski definition) is 1. The van der Waals surface area contributed by atoms with Crippen LogP contribution < -0.4 is 0 Å². The Morgan fingerprint density at radius 2 is 1.40 bits per heavy atom. The van der Waals surface area contributed by atoms with E-state index in [4.69, 9.17) is 11.6 Å². The molecule has 0 amide bonds. The van der Waals surface area contributed by atoms with Gasteiger partial charge in [-0.2, -0.15) is 0 Å². The predicted octanol–water partition coefficient (Wildman–Crippen LogP) is 6.51. The van der Waals surface area contributed by atoms with Gasteiger partial charge in [-0.3, -0.25) is 10.1 Å². The maximum atomic E-state index is 11.6. The van der Waals surface area contributed by atoms with Crippen molar-refractivity contribution >= 4 is 51.5 Å². The summed E-state index contributed by atoms with van der Waals surface area (Å²) >= 11 is 11.0. The van der Waals surface area contributed by atoms with E-state index in [-0.39, 0.29) is 10.6 Å². The maximum absolute atomic E-state index is 11.6. The van der Waals surface area contributed by atoms with E-state index in [1.165, 1.54) is 0 Å². The van der Waals surface area contributed by atoms with E-state index in [0.717, 1.165) is 27.3 Å². The molecule has 0 heterocycles. The number of non-ortho nitro benzene ring substituents is 1. The molecule has 0 unspecified atom stereocenters. The summed E-state index contributed by atoms with van der Waals surface area (Å²) in [6, 6.07) is 20.3. The molecule has 0 fully saturated rings. The number of fused-ring (bicyclic) bond motifs is 2. The molecule has 0 aliphatic heterocycles. The lowest BCUT2D eigenvalue weighted by Gasteiger charge is -2.13. The van der Waals surface area contributed by atoms with Gasteiger partial charge in [0.05, 0.1) is 10.3 Å². The van der Waals surface area contributed by atoms with Crippen LogP contribution in [0.1, 0.15) is 0 Å². The van der Waals surface area contributed by atoms with Crippen LogP contribution in [0.3, 0.4) is 0 Å². The van der Waals surface area contributed by atoms with Gasteiger partial charge in [0.2, 0.25) is 0 Å². The molecule has 0 saturated heterocycles. The first kappa shape index (κ1) is 15.9. The molecule has 0 aromatic heterocycles. The van der Waals surface area contributed by atoms with E-state index in [0.29, 0.717) is 15.3 Å². The zero-order valence-corrected chi connectivity index (χ0v) is 14.6. The summed E-state index contributed by atoms with van der Waals surface area (Å²) in [6.07, 6.45) is 0. The molecule has 3 nitrogen and oxygen atoms in total. The normalized spacial score (nSPS) is 11.1. The fourth-order valence-corrected chi connectivity index (χ4v) is 3.80. The van der Waals surface area contributed by atoms with Crippen molar-refractivity contribution in [3.05, 3.63) is 81.9 Å². The lowest BCUT2D eigenvalue weighted by Crippen LogP contribution is -1.93. The highest BCUT2D eigenvalue weighted by molar-refractivity contribution is 7.80. The van der Waals surface area contributed by atoms with Crippen molar-refractivity contribution in [1.82, 2.24) is 0 Å². The molecule has 4 aromatic rings. The Balaban J connectivity index is 2.14. The van der Waals surface area contributed by atoms with Crippen molar-refractivity contribution in [2.24, 2.45) is 0 Å². The Bertz CT molecular complexity index is 1160. The summed E-state index contributed by atoms with van der Waals surface area (Å²) in [4.78, 5) is 12.0. The molecule has 0 radical (unpaired) electrons. The maximum Gasteiger partial charge on any atom is 0.277 e. The molecule has 122 valence electrons. The summed E-state index contributed by atoms with van der Waals surface area (Å²) in [6.45, 7) is 0. The van der Waals surface area contributed by atoms with Crippen molar-refractivity contribution in [2.75, 3.05) is 0 Å². The van der Waals surface area contributed by atoms with Crippen molar-refractivity contribution in [3.63, 3.8) is 0 Å². The van der Waals surface area contributed by atoms with Crippen LogP contribution in [0.15, 0.2) is 71.6 Å². The summed E-state index contributed by atoms with van der Waals surface area (Å²) < 4.78 is 0. The highest BCUT2D eigenvalue weighted by atomic mass is 35.5. The van der Waals surface area contributed by atoms with Crippen LogP contribution in [-0.2, 0) is 0 Å². The van der Waals surface area contributed by atoms with Crippen molar-refractivity contribution in [1.29, 1.82) is 0 Å². The number of halogens is 1. The van der Waals surface area contributed by atoms with Crippen molar-refractivity contribution in [3.8, 4) is 11.1 Å². The monoisotopic (exact) mass is 365 g/mol. The smallest absolute Gasteiger partial charge is 0.258 e. The zero-order valence-electron chi connectivity index (χ0n) is 12.9. The van der Waals surface area contributed by atoms with Gasteiger partial charge in [-0.05, 0) is 23.1 Å². The van der Waals surface area contributed by atoms with Crippen LogP contribution in [0, 0.1) is 10.1 Å². The molecule has 5 heteroatoms. The molecule has 0 atom stereocenters. The van der Waals surface area contributed by atoms with E-state index >= 15 is 0 Å². The first-order chi connectivity index (χ1) is 12.1. The number of hydrogen-bond acceptors (Lipinski definition) is 3.